The third kappa shape index (κ3) is 4.49. The molecule has 0 saturated carbocycles. The molecule has 2 amide bonds. The van der Waals surface area contributed by atoms with Crippen LogP contribution in [0.25, 0.3) is 12.2 Å². The van der Waals surface area contributed by atoms with Crippen molar-refractivity contribution in [3.63, 3.8) is 0 Å². The quantitative estimate of drug-likeness (QED) is 0.375. The van der Waals surface area contributed by atoms with Crippen molar-refractivity contribution in [3.05, 3.63) is 71.3 Å². The van der Waals surface area contributed by atoms with Crippen LogP contribution in [0.5, 0.6) is 0 Å². The summed E-state index contributed by atoms with van der Waals surface area (Å²) in [6, 6.07) is 16.2. The van der Waals surface area contributed by atoms with Crippen LogP contribution in [0.2, 0.25) is 0 Å². The van der Waals surface area contributed by atoms with Crippen molar-refractivity contribution < 1.29 is 29.4 Å². The summed E-state index contributed by atoms with van der Waals surface area (Å²) in [7, 11) is 0. The second-order valence-corrected chi connectivity index (χ2v) is 9.06. The number of carbonyl (C=O) groups is 4. The molecule has 2 aromatic rings. The Hall–Kier alpha value is -3.78. The third-order valence-corrected chi connectivity index (χ3v) is 6.86. The average molecular weight is 477 g/mol. The van der Waals surface area contributed by atoms with Gasteiger partial charge in [-0.1, -0.05) is 80.1 Å². The number of carbonyl (C=O) groups excluding carboxylic acids is 2. The number of aliphatic carboxylic acids is 2. The van der Waals surface area contributed by atoms with Gasteiger partial charge < -0.3 is 10.2 Å². The molecule has 0 radical (unpaired) electrons. The predicted molar refractivity (Wildman–Crippen MR) is 129 cm³/mol. The number of hydrogen-bond donors (Lipinski definition) is 3. The zero-order valence-corrected chi connectivity index (χ0v) is 19.4. The lowest BCUT2D eigenvalue weighted by Gasteiger charge is -2.29. The molecular formula is C27H28N2O6. The molecule has 4 unspecified atom stereocenters. The van der Waals surface area contributed by atoms with E-state index in [1.807, 2.05) is 61.5 Å². The Morgan fingerprint density at radius 1 is 0.971 bits per heavy atom. The summed E-state index contributed by atoms with van der Waals surface area (Å²) >= 11 is 0. The van der Waals surface area contributed by atoms with Gasteiger partial charge in [0.15, 0.2) is 0 Å². The number of unbranched alkanes of at least 4 members (excludes halogenated alkanes) is 1. The van der Waals surface area contributed by atoms with E-state index in [-0.39, 0.29) is 6.54 Å². The number of nitrogens with zero attached hydrogens (tertiary/aromatic N) is 1. The molecule has 4 atom stereocenters. The fourth-order valence-corrected chi connectivity index (χ4v) is 5.13. The second kappa shape index (κ2) is 9.84. The molecule has 0 aromatic heterocycles. The van der Waals surface area contributed by atoms with Gasteiger partial charge in [-0.15, -0.1) is 0 Å². The Kier molecular flexibility index (Phi) is 6.84. The summed E-state index contributed by atoms with van der Waals surface area (Å²) in [6.45, 7) is 2.12. The predicted octanol–water partition coefficient (Wildman–Crippen LogP) is 3.20. The Labute approximate surface area is 203 Å². The molecule has 3 N–H and O–H groups in total. The minimum Gasteiger partial charge on any atom is -0.481 e. The second-order valence-electron chi connectivity index (χ2n) is 9.06. The van der Waals surface area contributed by atoms with Crippen molar-refractivity contribution in [2.45, 2.75) is 37.8 Å². The summed E-state index contributed by atoms with van der Waals surface area (Å²) in [5.74, 6) is -6.14. The van der Waals surface area contributed by atoms with Gasteiger partial charge in [0.1, 0.15) is 5.54 Å². The number of carboxylic acid groups (broad SMARTS) is 2. The molecule has 2 aliphatic rings. The Bertz CT molecular complexity index is 1160. The number of likely N-dealkylation sites (tertiary alicyclic amines) is 1. The van der Waals surface area contributed by atoms with Crippen LogP contribution in [0, 0.1) is 11.8 Å². The van der Waals surface area contributed by atoms with Crippen molar-refractivity contribution in [2.75, 3.05) is 6.54 Å². The van der Waals surface area contributed by atoms with E-state index in [2.05, 4.69) is 5.32 Å². The van der Waals surface area contributed by atoms with E-state index < -0.39 is 53.6 Å². The van der Waals surface area contributed by atoms with Crippen molar-refractivity contribution >= 4 is 35.9 Å². The molecule has 182 valence electrons. The molecular weight excluding hydrogens is 448 g/mol. The topological polar surface area (TPSA) is 124 Å². The highest BCUT2D eigenvalue weighted by atomic mass is 16.4. The molecule has 2 aliphatic heterocycles. The first-order valence-electron chi connectivity index (χ1n) is 11.7. The lowest BCUT2D eigenvalue weighted by atomic mass is 9.77. The van der Waals surface area contributed by atoms with Gasteiger partial charge in [0.25, 0.3) is 0 Å². The maximum Gasteiger partial charge on any atom is 0.325 e. The van der Waals surface area contributed by atoms with E-state index in [4.69, 9.17) is 0 Å². The number of benzene rings is 2. The van der Waals surface area contributed by atoms with Crippen molar-refractivity contribution in [1.82, 2.24) is 10.2 Å². The summed E-state index contributed by atoms with van der Waals surface area (Å²) in [5, 5.41) is 22.5. The Morgan fingerprint density at radius 3 is 2.17 bits per heavy atom. The smallest absolute Gasteiger partial charge is 0.325 e. The van der Waals surface area contributed by atoms with Crippen LogP contribution in [0.1, 0.15) is 48.9 Å². The van der Waals surface area contributed by atoms with Crippen LogP contribution in [0.15, 0.2) is 54.6 Å². The standard InChI is InChI=1S/C27H28N2O6/c1-2-3-15-29-24(32)21-22(25(29)33)27(26(34)35,16-20(30)31)28-23(21)19-13-11-18(12-14-19)10-9-17-7-5-4-6-8-17/h4-14,21-23,28H,2-3,15-16H2,1H3,(H,30,31)(H,34,35)/b10-9+. The van der Waals surface area contributed by atoms with Gasteiger partial charge in [-0.05, 0) is 23.1 Å². The summed E-state index contributed by atoms with van der Waals surface area (Å²) in [4.78, 5) is 51.8. The molecule has 2 fully saturated rings. The molecule has 2 saturated heterocycles. The number of carboxylic acids is 2. The molecule has 4 rings (SSSR count). The number of rotatable bonds is 9. The summed E-state index contributed by atoms with van der Waals surface area (Å²) < 4.78 is 0. The molecule has 0 bridgehead atoms. The van der Waals surface area contributed by atoms with Crippen molar-refractivity contribution in [2.24, 2.45) is 11.8 Å². The van der Waals surface area contributed by atoms with Gasteiger partial charge in [0.05, 0.1) is 18.3 Å². The molecule has 2 heterocycles. The van der Waals surface area contributed by atoms with Crippen LogP contribution < -0.4 is 5.32 Å². The number of imide groups is 1. The number of nitrogens with one attached hydrogen (secondary N) is 1. The Balaban J connectivity index is 1.68. The maximum absolute atomic E-state index is 13.3. The molecule has 0 aliphatic carbocycles. The first-order chi connectivity index (χ1) is 16.8. The van der Waals surface area contributed by atoms with Crippen LogP contribution in [0.3, 0.4) is 0 Å². The highest BCUT2D eigenvalue weighted by Crippen LogP contribution is 2.50. The fraction of sp³-hybridized carbons (Fsp3) is 0.333. The molecule has 35 heavy (non-hydrogen) atoms. The highest BCUT2D eigenvalue weighted by molar-refractivity contribution is 6.10. The zero-order valence-electron chi connectivity index (χ0n) is 19.4. The highest BCUT2D eigenvalue weighted by Gasteiger charge is 2.68. The van der Waals surface area contributed by atoms with Crippen LogP contribution in [0.4, 0.5) is 0 Å². The molecule has 8 nitrogen and oxygen atoms in total. The van der Waals surface area contributed by atoms with Crippen molar-refractivity contribution in [3.8, 4) is 0 Å². The fourth-order valence-electron chi connectivity index (χ4n) is 5.13. The van der Waals surface area contributed by atoms with Crippen LogP contribution >= 0.6 is 0 Å². The summed E-state index contributed by atoms with van der Waals surface area (Å²) in [5.41, 5.74) is 0.504. The van der Waals surface area contributed by atoms with E-state index in [0.29, 0.717) is 12.0 Å². The normalized spacial score (nSPS) is 25.9. The number of hydrogen-bond acceptors (Lipinski definition) is 5. The van der Waals surface area contributed by atoms with Gasteiger partial charge in [-0.25, -0.2) is 0 Å². The zero-order chi connectivity index (χ0) is 25.2. The first kappa shape index (κ1) is 24.3. The monoisotopic (exact) mass is 476 g/mol. The lowest BCUT2D eigenvalue weighted by Crippen LogP contribution is -2.57. The van der Waals surface area contributed by atoms with E-state index in [9.17, 15) is 29.4 Å². The van der Waals surface area contributed by atoms with Crippen LogP contribution in [-0.2, 0) is 19.2 Å². The molecule has 2 aromatic carbocycles. The summed E-state index contributed by atoms with van der Waals surface area (Å²) in [6.07, 6.45) is 4.44. The maximum atomic E-state index is 13.3. The average Bonchev–Trinajstić information content (AvgIpc) is 3.31. The van der Waals surface area contributed by atoms with E-state index >= 15 is 0 Å². The minimum atomic E-state index is -2.07. The molecule has 0 spiro atoms. The minimum absolute atomic E-state index is 0.194. The SMILES string of the molecule is CCCCN1C(=O)C2C(c3ccc(/C=C/c4ccccc4)cc3)NC(CC(=O)O)(C(=O)O)C2C1=O. The van der Waals surface area contributed by atoms with Crippen LogP contribution in [-0.4, -0.2) is 50.9 Å². The largest absolute Gasteiger partial charge is 0.481 e. The van der Waals surface area contributed by atoms with Gasteiger partial charge in [0, 0.05) is 12.6 Å². The first-order valence-corrected chi connectivity index (χ1v) is 11.7. The van der Waals surface area contributed by atoms with E-state index in [1.54, 1.807) is 12.1 Å². The Morgan fingerprint density at radius 2 is 1.60 bits per heavy atom. The van der Waals surface area contributed by atoms with Gasteiger partial charge in [-0.3, -0.25) is 29.4 Å². The van der Waals surface area contributed by atoms with E-state index in [1.165, 1.54) is 0 Å². The van der Waals surface area contributed by atoms with Gasteiger partial charge in [0.2, 0.25) is 11.8 Å². The van der Waals surface area contributed by atoms with Gasteiger partial charge in [-0.2, -0.15) is 0 Å². The number of fused-ring (bicyclic) bond motifs is 1. The van der Waals surface area contributed by atoms with Crippen molar-refractivity contribution in [1.29, 1.82) is 0 Å². The van der Waals surface area contributed by atoms with E-state index in [0.717, 1.165) is 22.4 Å². The number of amides is 2. The lowest BCUT2D eigenvalue weighted by molar-refractivity contribution is -0.156. The molecule has 8 heteroatoms. The third-order valence-electron chi connectivity index (χ3n) is 6.86. The van der Waals surface area contributed by atoms with Gasteiger partial charge >= 0.3 is 11.9 Å².